The summed E-state index contributed by atoms with van der Waals surface area (Å²) in [5, 5.41) is 3.08. The molecule has 1 N–H and O–H groups in total. The Morgan fingerprint density at radius 1 is 1.23 bits per heavy atom. The minimum absolute atomic E-state index is 0.132. The number of hydrogen-bond acceptors (Lipinski definition) is 5. The number of Topliss-reactive ketones (excluding diaryl/α,β-unsaturated/α-hetero) is 1. The highest BCUT2D eigenvalue weighted by Gasteiger charge is 2.13. The van der Waals surface area contributed by atoms with E-state index in [-0.39, 0.29) is 12.2 Å². The van der Waals surface area contributed by atoms with Gasteiger partial charge in [-0.15, -0.1) is 0 Å². The molecule has 0 aliphatic rings. The number of furan rings is 1. The highest BCUT2D eigenvalue weighted by molar-refractivity contribution is 5.95. The molecule has 0 amide bonds. The summed E-state index contributed by atoms with van der Waals surface area (Å²) in [6.07, 6.45) is 0.132. The van der Waals surface area contributed by atoms with E-state index < -0.39 is 0 Å². The molecule has 0 bridgehead atoms. The van der Waals surface area contributed by atoms with Crippen molar-refractivity contribution in [2.45, 2.75) is 13.3 Å². The maximum Gasteiger partial charge on any atom is 0.203 e. The van der Waals surface area contributed by atoms with Gasteiger partial charge in [0.2, 0.25) is 5.78 Å². The Bertz CT molecular complexity index is 688. The molecule has 0 saturated carbocycles. The zero-order valence-electron chi connectivity index (χ0n) is 12.9. The Morgan fingerprint density at radius 2 is 2.00 bits per heavy atom. The van der Waals surface area contributed by atoms with Crippen LogP contribution in [0.25, 0.3) is 0 Å². The number of carbonyl (C=O) groups excluding carboxylic acids is 1. The second kappa shape index (κ2) is 6.85. The van der Waals surface area contributed by atoms with Crippen molar-refractivity contribution in [2.24, 2.45) is 0 Å². The van der Waals surface area contributed by atoms with Crippen LogP contribution in [-0.2, 0) is 0 Å². The van der Waals surface area contributed by atoms with Gasteiger partial charge in [-0.05, 0) is 31.2 Å². The second-order valence-electron chi connectivity index (χ2n) is 4.81. The van der Waals surface area contributed by atoms with Gasteiger partial charge in [-0.25, -0.2) is 0 Å². The Balaban J connectivity index is 2.07. The van der Waals surface area contributed by atoms with E-state index in [0.717, 1.165) is 0 Å². The smallest absolute Gasteiger partial charge is 0.203 e. The minimum atomic E-state index is -0.132. The summed E-state index contributed by atoms with van der Waals surface area (Å²) in [6, 6.07) is 8.78. The molecular formula is C17H19NO4. The Morgan fingerprint density at radius 3 is 2.59 bits per heavy atom. The van der Waals surface area contributed by atoms with Crippen molar-refractivity contribution in [2.75, 3.05) is 19.5 Å². The summed E-state index contributed by atoms with van der Waals surface area (Å²) in [5.74, 6) is 2.23. The molecule has 2 rings (SSSR count). The molecule has 1 aromatic carbocycles. The SMILES string of the molecule is C=C(CC(=O)c1ccc(C)o1)Nc1cc(OC)ccc1OC. The maximum absolute atomic E-state index is 12.1. The van der Waals surface area contributed by atoms with Crippen LogP contribution < -0.4 is 14.8 Å². The van der Waals surface area contributed by atoms with E-state index >= 15 is 0 Å². The second-order valence-corrected chi connectivity index (χ2v) is 4.81. The minimum Gasteiger partial charge on any atom is -0.497 e. The molecule has 22 heavy (non-hydrogen) atoms. The number of benzene rings is 1. The molecule has 1 aromatic heterocycles. The van der Waals surface area contributed by atoms with Gasteiger partial charge in [0.1, 0.15) is 17.3 Å². The average molecular weight is 301 g/mol. The monoisotopic (exact) mass is 301 g/mol. The van der Waals surface area contributed by atoms with E-state index in [1.54, 1.807) is 51.5 Å². The summed E-state index contributed by atoms with van der Waals surface area (Å²) >= 11 is 0. The molecule has 0 fully saturated rings. The number of allylic oxidation sites excluding steroid dienone is 1. The van der Waals surface area contributed by atoms with Crippen LogP contribution in [0.1, 0.15) is 22.7 Å². The van der Waals surface area contributed by atoms with Gasteiger partial charge in [-0.2, -0.15) is 0 Å². The molecule has 116 valence electrons. The number of carbonyl (C=O) groups is 1. The molecule has 0 aliphatic heterocycles. The lowest BCUT2D eigenvalue weighted by atomic mass is 10.2. The van der Waals surface area contributed by atoms with Crippen molar-refractivity contribution in [1.29, 1.82) is 0 Å². The number of ether oxygens (including phenoxy) is 2. The van der Waals surface area contributed by atoms with Crippen molar-refractivity contribution in [1.82, 2.24) is 0 Å². The molecule has 1 heterocycles. The fourth-order valence-corrected chi connectivity index (χ4v) is 2.01. The first-order valence-corrected chi connectivity index (χ1v) is 6.80. The number of methoxy groups -OCH3 is 2. The lowest BCUT2D eigenvalue weighted by Crippen LogP contribution is -2.06. The van der Waals surface area contributed by atoms with Crippen LogP contribution >= 0.6 is 0 Å². The van der Waals surface area contributed by atoms with Crippen molar-refractivity contribution >= 4 is 11.5 Å². The molecule has 0 spiro atoms. The number of rotatable bonds is 7. The molecule has 5 heteroatoms. The fraction of sp³-hybridized carbons (Fsp3) is 0.235. The molecule has 0 atom stereocenters. The first kappa shape index (κ1) is 15.7. The molecule has 0 radical (unpaired) electrons. The van der Waals surface area contributed by atoms with Crippen LogP contribution in [0.4, 0.5) is 5.69 Å². The van der Waals surface area contributed by atoms with Crippen LogP contribution in [0.2, 0.25) is 0 Å². The summed E-state index contributed by atoms with van der Waals surface area (Å²) in [4.78, 5) is 12.1. The Kier molecular flexibility index (Phi) is 4.88. The van der Waals surface area contributed by atoms with Crippen LogP contribution in [0.5, 0.6) is 11.5 Å². The van der Waals surface area contributed by atoms with Gasteiger partial charge in [0, 0.05) is 11.8 Å². The quantitative estimate of drug-likeness (QED) is 0.788. The first-order valence-electron chi connectivity index (χ1n) is 6.80. The third-order valence-electron chi connectivity index (χ3n) is 3.11. The first-order chi connectivity index (χ1) is 10.5. The van der Waals surface area contributed by atoms with Crippen molar-refractivity contribution in [3.8, 4) is 11.5 Å². The van der Waals surface area contributed by atoms with Crippen molar-refractivity contribution < 1.29 is 18.7 Å². The third kappa shape index (κ3) is 3.69. The molecule has 2 aromatic rings. The van der Waals surface area contributed by atoms with Crippen LogP contribution in [0.15, 0.2) is 47.0 Å². The highest BCUT2D eigenvalue weighted by atomic mass is 16.5. The molecule has 5 nitrogen and oxygen atoms in total. The zero-order chi connectivity index (χ0) is 16.1. The maximum atomic E-state index is 12.1. The molecular weight excluding hydrogens is 282 g/mol. The van der Waals surface area contributed by atoms with E-state index in [0.29, 0.717) is 34.4 Å². The summed E-state index contributed by atoms with van der Waals surface area (Å²) in [6.45, 7) is 5.68. The zero-order valence-corrected chi connectivity index (χ0v) is 12.9. The van der Waals surface area contributed by atoms with Crippen LogP contribution in [-0.4, -0.2) is 20.0 Å². The molecule has 0 unspecified atom stereocenters. The number of nitrogens with one attached hydrogen (secondary N) is 1. The van der Waals surface area contributed by atoms with Gasteiger partial charge >= 0.3 is 0 Å². The van der Waals surface area contributed by atoms with Crippen molar-refractivity contribution in [3.63, 3.8) is 0 Å². The third-order valence-corrected chi connectivity index (χ3v) is 3.11. The van der Waals surface area contributed by atoms with Crippen LogP contribution in [0, 0.1) is 6.92 Å². The van der Waals surface area contributed by atoms with Crippen molar-refractivity contribution in [3.05, 3.63) is 54.1 Å². The van der Waals surface area contributed by atoms with Gasteiger partial charge in [-0.1, -0.05) is 6.58 Å². The number of hydrogen-bond donors (Lipinski definition) is 1. The Hall–Kier alpha value is -2.69. The van der Waals surface area contributed by atoms with E-state index in [2.05, 4.69) is 11.9 Å². The lowest BCUT2D eigenvalue weighted by Gasteiger charge is -2.13. The van der Waals surface area contributed by atoms with Gasteiger partial charge in [0.15, 0.2) is 5.76 Å². The number of ketones is 1. The van der Waals surface area contributed by atoms with Crippen LogP contribution in [0.3, 0.4) is 0 Å². The van der Waals surface area contributed by atoms with Gasteiger partial charge in [0.05, 0.1) is 26.3 Å². The fourth-order valence-electron chi connectivity index (χ4n) is 2.01. The summed E-state index contributed by atoms with van der Waals surface area (Å²) in [7, 11) is 3.16. The molecule has 0 aliphatic carbocycles. The van der Waals surface area contributed by atoms with E-state index in [9.17, 15) is 4.79 Å². The number of aryl methyl sites for hydroxylation is 1. The van der Waals surface area contributed by atoms with Gasteiger partial charge in [-0.3, -0.25) is 4.79 Å². The number of anilines is 1. The Labute approximate surface area is 129 Å². The summed E-state index contributed by atoms with van der Waals surface area (Å²) < 4.78 is 15.8. The normalized spacial score (nSPS) is 10.1. The van der Waals surface area contributed by atoms with E-state index in [4.69, 9.17) is 13.9 Å². The van der Waals surface area contributed by atoms with E-state index in [1.807, 2.05) is 0 Å². The lowest BCUT2D eigenvalue weighted by molar-refractivity contribution is 0.0965. The standard InChI is InChI=1S/C17H19NO4/c1-11(9-15(19)17-7-5-12(2)22-17)18-14-10-13(20-3)6-8-16(14)21-4/h5-8,10,18H,1,9H2,2-4H3. The molecule has 0 saturated heterocycles. The van der Waals surface area contributed by atoms with Gasteiger partial charge < -0.3 is 19.2 Å². The van der Waals surface area contributed by atoms with Gasteiger partial charge in [0.25, 0.3) is 0 Å². The van der Waals surface area contributed by atoms with E-state index in [1.165, 1.54) is 0 Å². The highest BCUT2D eigenvalue weighted by Crippen LogP contribution is 2.30. The predicted octanol–water partition coefficient (Wildman–Crippen LogP) is 3.80. The largest absolute Gasteiger partial charge is 0.497 e. The topological polar surface area (TPSA) is 60.7 Å². The average Bonchev–Trinajstić information content (AvgIpc) is 2.93. The predicted molar refractivity (Wildman–Crippen MR) is 84.7 cm³/mol. The summed E-state index contributed by atoms with van der Waals surface area (Å²) in [5.41, 5.74) is 1.24.